The van der Waals surface area contributed by atoms with E-state index >= 15 is 0 Å². The molecule has 0 saturated carbocycles. The molecule has 0 aliphatic carbocycles. The number of carboxylic acids is 1. The number of carboxylic acid groups (broad SMARTS) is 1. The van der Waals surface area contributed by atoms with E-state index in [1.54, 1.807) is 36.4 Å². The van der Waals surface area contributed by atoms with E-state index in [1.807, 2.05) is 12.1 Å². The lowest BCUT2D eigenvalue weighted by molar-refractivity contribution is -0.138. The number of aliphatic carboxylic acids is 1. The molecule has 2 aromatic carbocycles. The summed E-state index contributed by atoms with van der Waals surface area (Å²) >= 11 is 0. The number of rotatable bonds is 3. The van der Waals surface area contributed by atoms with Crippen molar-refractivity contribution in [2.24, 2.45) is 9.98 Å². The number of carbonyl (C=O) groups is 1. The maximum atomic E-state index is 10.7. The van der Waals surface area contributed by atoms with E-state index < -0.39 is 12.0 Å². The molecule has 28 heavy (non-hydrogen) atoms. The molecule has 2 aromatic rings. The van der Waals surface area contributed by atoms with Crippen molar-refractivity contribution >= 4 is 17.4 Å². The molecule has 6 heteroatoms. The SMILES string of the molecule is C[C@@H]1CCC(c2ccc(O)cc2)=N1.O=C(O)[C@@H]1CCC(c2ccc(O)cc2)=N1. The van der Waals surface area contributed by atoms with Crippen molar-refractivity contribution in [1.82, 2.24) is 0 Å². The molecular formula is C22H24N2O4. The van der Waals surface area contributed by atoms with E-state index in [-0.39, 0.29) is 5.75 Å². The topological polar surface area (TPSA) is 102 Å². The van der Waals surface area contributed by atoms with E-state index in [1.165, 1.54) is 5.71 Å². The van der Waals surface area contributed by atoms with Gasteiger partial charge in [-0.3, -0.25) is 9.98 Å². The minimum Gasteiger partial charge on any atom is -0.508 e. The predicted octanol–water partition coefficient (Wildman–Crippen LogP) is 3.79. The largest absolute Gasteiger partial charge is 0.508 e. The van der Waals surface area contributed by atoms with Crippen LogP contribution in [-0.4, -0.2) is 44.8 Å². The number of hydrogen-bond acceptors (Lipinski definition) is 5. The van der Waals surface area contributed by atoms with Gasteiger partial charge in [-0.05, 0) is 92.3 Å². The van der Waals surface area contributed by atoms with Gasteiger partial charge in [0.15, 0.2) is 0 Å². The molecule has 0 spiro atoms. The second-order valence-corrected chi connectivity index (χ2v) is 7.03. The third-order valence-corrected chi connectivity index (χ3v) is 4.83. The fourth-order valence-electron chi connectivity index (χ4n) is 3.26. The number of nitrogens with zero attached hydrogens (tertiary/aromatic N) is 2. The van der Waals surface area contributed by atoms with Crippen LogP contribution in [0.15, 0.2) is 58.5 Å². The van der Waals surface area contributed by atoms with Gasteiger partial charge in [0.05, 0.1) is 0 Å². The summed E-state index contributed by atoms with van der Waals surface area (Å²) in [6.45, 7) is 2.13. The summed E-state index contributed by atoms with van der Waals surface area (Å²) in [5, 5.41) is 27.0. The molecule has 2 aliphatic heterocycles. The Balaban J connectivity index is 0.000000162. The second-order valence-electron chi connectivity index (χ2n) is 7.03. The van der Waals surface area contributed by atoms with Crippen LogP contribution in [0, 0.1) is 0 Å². The average molecular weight is 380 g/mol. The third kappa shape index (κ3) is 4.97. The van der Waals surface area contributed by atoms with Crippen LogP contribution in [0.3, 0.4) is 0 Å². The van der Waals surface area contributed by atoms with Gasteiger partial charge in [0.2, 0.25) is 0 Å². The molecule has 0 radical (unpaired) electrons. The summed E-state index contributed by atoms with van der Waals surface area (Å²) in [6.07, 6.45) is 3.45. The Bertz CT molecular complexity index is 886. The zero-order chi connectivity index (χ0) is 20.1. The molecule has 4 rings (SSSR count). The first-order chi connectivity index (χ1) is 13.4. The average Bonchev–Trinajstić information content (AvgIpc) is 3.33. The first-order valence-corrected chi connectivity index (χ1v) is 9.37. The van der Waals surface area contributed by atoms with Gasteiger partial charge in [0, 0.05) is 17.5 Å². The van der Waals surface area contributed by atoms with E-state index in [9.17, 15) is 4.79 Å². The van der Waals surface area contributed by atoms with Gasteiger partial charge in [0.25, 0.3) is 0 Å². The predicted molar refractivity (Wildman–Crippen MR) is 109 cm³/mol. The maximum absolute atomic E-state index is 10.7. The van der Waals surface area contributed by atoms with Crippen LogP contribution in [0.4, 0.5) is 0 Å². The zero-order valence-electron chi connectivity index (χ0n) is 15.7. The molecule has 0 aromatic heterocycles. The van der Waals surface area contributed by atoms with Crippen LogP contribution in [0.2, 0.25) is 0 Å². The van der Waals surface area contributed by atoms with Crippen molar-refractivity contribution in [2.75, 3.05) is 0 Å². The van der Waals surface area contributed by atoms with Gasteiger partial charge in [-0.15, -0.1) is 0 Å². The molecular weight excluding hydrogens is 356 g/mol. The lowest BCUT2D eigenvalue weighted by atomic mass is 10.1. The summed E-state index contributed by atoms with van der Waals surface area (Å²) in [6, 6.07) is 13.8. The van der Waals surface area contributed by atoms with Crippen LogP contribution < -0.4 is 0 Å². The number of aliphatic imine (C=N–C) groups is 2. The Morgan fingerprint density at radius 3 is 1.68 bits per heavy atom. The fraction of sp³-hybridized carbons (Fsp3) is 0.318. The first kappa shape index (κ1) is 19.6. The Labute approximate surface area is 163 Å². The van der Waals surface area contributed by atoms with Crippen molar-refractivity contribution in [3.63, 3.8) is 0 Å². The van der Waals surface area contributed by atoms with E-state index in [4.69, 9.17) is 15.3 Å². The van der Waals surface area contributed by atoms with Crippen LogP contribution in [0.25, 0.3) is 0 Å². The van der Waals surface area contributed by atoms with Crippen LogP contribution in [0.1, 0.15) is 43.7 Å². The number of hydrogen-bond donors (Lipinski definition) is 3. The molecule has 0 fully saturated rings. The molecule has 0 amide bonds. The molecule has 3 N–H and O–H groups in total. The Kier molecular flexibility index (Phi) is 6.09. The van der Waals surface area contributed by atoms with Crippen LogP contribution in [0.5, 0.6) is 11.5 Å². The summed E-state index contributed by atoms with van der Waals surface area (Å²) in [5.74, 6) is -0.355. The quantitative estimate of drug-likeness (QED) is 0.754. The van der Waals surface area contributed by atoms with Crippen LogP contribution in [-0.2, 0) is 4.79 Å². The smallest absolute Gasteiger partial charge is 0.328 e. The van der Waals surface area contributed by atoms with E-state index in [2.05, 4.69) is 16.9 Å². The Hall–Kier alpha value is -3.15. The normalized spacial score (nSPS) is 20.8. The molecule has 0 bridgehead atoms. The monoisotopic (exact) mass is 380 g/mol. The number of phenolic OH excluding ortho intramolecular Hbond substituents is 2. The molecule has 146 valence electrons. The standard InChI is InChI=1S/C11H11NO3.C11H13NO/c13-8-3-1-7(2-4-8)9-5-6-10(12-9)11(14)15;1-8-2-7-11(12-8)9-3-5-10(13)6-4-9/h1-4,10,13H,5-6H2,(H,14,15);3-6,8,13H,2,7H2,1H3/t10-;8-/m01/s1. The second kappa shape index (κ2) is 8.69. The minimum atomic E-state index is -0.872. The van der Waals surface area contributed by atoms with E-state index in [0.717, 1.165) is 29.7 Å². The zero-order valence-corrected chi connectivity index (χ0v) is 15.7. The first-order valence-electron chi connectivity index (χ1n) is 9.37. The van der Waals surface area contributed by atoms with Gasteiger partial charge in [-0.1, -0.05) is 0 Å². The Morgan fingerprint density at radius 1 is 0.821 bits per heavy atom. The Morgan fingerprint density at radius 2 is 1.29 bits per heavy atom. The van der Waals surface area contributed by atoms with Crippen molar-refractivity contribution in [3.8, 4) is 11.5 Å². The highest BCUT2D eigenvalue weighted by atomic mass is 16.4. The highest BCUT2D eigenvalue weighted by Crippen LogP contribution is 2.21. The van der Waals surface area contributed by atoms with Crippen molar-refractivity contribution in [1.29, 1.82) is 0 Å². The van der Waals surface area contributed by atoms with E-state index in [0.29, 0.717) is 24.6 Å². The number of benzene rings is 2. The van der Waals surface area contributed by atoms with Crippen LogP contribution >= 0.6 is 0 Å². The summed E-state index contributed by atoms with van der Waals surface area (Å²) in [4.78, 5) is 19.3. The molecule has 0 saturated heterocycles. The highest BCUT2D eigenvalue weighted by Gasteiger charge is 2.24. The fourth-order valence-corrected chi connectivity index (χ4v) is 3.26. The van der Waals surface area contributed by atoms with Gasteiger partial charge in [-0.2, -0.15) is 0 Å². The molecule has 2 heterocycles. The summed E-state index contributed by atoms with van der Waals surface area (Å²) in [5.41, 5.74) is 4.01. The molecule has 0 unspecified atom stereocenters. The molecule has 2 atom stereocenters. The summed E-state index contributed by atoms with van der Waals surface area (Å²) in [7, 11) is 0. The molecule has 6 nitrogen and oxygen atoms in total. The molecule has 2 aliphatic rings. The van der Waals surface area contributed by atoms with Gasteiger partial charge >= 0.3 is 5.97 Å². The van der Waals surface area contributed by atoms with Crippen molar-refractivity contribution in [3.05, 3.63) is 59.7 Å². The third-order valence-electron chi connectivity index (χ3n) is 4.83. The highest BCUT2D eigenvalue weighted by molar-refractivity contribution is 6.03. The van der Waals surface area contributed by atoms with Gasteiger partial charge in [0.1, 0.15) is 17.5 Å². The van der Waals surface area contributed by atoms with Gasteiger partial charge < -0.3 is 15.3 Å². The summed E-state index contributed by atoms with van der Waals surface area (Å²) < 4.78 is 0. The number of aromatic hydroxyl groups is 2. The lowest BCUT2D eigenvalue weighted by Gasteiger charge is -1.99. The lowest BCUT2D eigenvalue weighted by Crippen LogP contribution is -2.13. The van der Waals surface area contributed by atoms with Crippen molar-refractivity contribution < 1.29 is 20.1 Å². The number of phenols is 2. The minimum absolute atomic E-state index is 0.201. The van der Waals surface area contributed by atoms with Crippen molar-refractivity contribution in [2.45, 2.75) is 44.7 Å². The van der Waals surface area contributed by atoms with Gasteiger partial charge in [-0.25, -0.2) is 4.79 Å². The maximum Gasteiger partial charge on any atom is 0.328 e.